The maximum Gasteiger partial charge on any atom is 0.214 e. The predicted octanol–water partition coefficient (Wildman–Crippen LogP) is 4.35. The van der Waals surface area contributed by atoms with Crippen LogP contribution in [0.2, 0.25) is 0 Å². The summed E-state index contributed by atoms with van der Waals surface area (Å²) < 4.78 is 5.93. The maximum atomic E-state index is 11.4. The summed E-state index contributed by atoms with van der Waals surface area (Å²) in [6.45, 7) is 3.96. The number of carbonyl (C=O) groups is 1. The van der Waals surface area contributed by atoms with Gasteiger partial charge in [-0.2, -0.15) is 5.10 Å². The Bertz CT molecular complexity index is 996. The normalized spacial score (nSPS) is 11.5. The smallest absolute Gasteiger partial charge is 0.214 e. The second-order valence-corrected chi connectivity index (χ2v) is 6.06. The van der Waals surface area contributed by atoms with E-state index in [4.69, 9.17) is 4.42 Å². The Hall–Kier alpha value is -3.08. The molecule has 4 aromatic rings. The molecule has 2 heterocycles. The van der Waals surface area contributed by atoms with Gasteiger partial charge in [0.1, 0.15) is 11.3 Å². The van der Waals surface area contributed by atoms with Gasteiger partial charge < -0.3 is 9.32 Å². The van der Waals surface area contributed by atoms with E-state index in [9.17, 15) is 4.79 Å². The molecule has 0 fully saturated rings. The number of carbonyl (C=O) groups excluding carboxylic acids is 1. The molecule has 1 amide bonds. The van der Waals surface area contributed by atoms with E-state index in [1.807, 2.05) is 62.4 Å². The van der Waals surface area contributed by atoms with E-state index in [0.29, 0.717) is 5.76 Å². The van der Waals surface area contributed by atoms with E-state index < -0.39 is 0 Å². The van der Waals surface area contributed by atoms with E-state index in [0.717, 1.165) is 39.7 Å². The molecule has 0 aliphatic carbocycles. The molecule has 1 N–H and O–H groups in total. The minimum absolute atomic E-state index is 0.0847. The number of rotatable bonds is 4. The lowest BCUT2D eigenvalue weighted by molar-refractivity contribution is -0.107. The van der Waals surface area contributed by atoms with E-state index in [-0.39, 0.29) is 6.04 Å². The van der Waals surface area contributed by atoms with Crippen molar-refractivity contribution in [3.8, 4) is 11.5 Å². The first-order chi connectivity index (χ1) is 11.7. The Morgan fingerprint density at radius 1 is 1.17 bits per heavy atom. The number of aromatic nitrogens is 2. The van der Waals surface area contributed by atoms with Crippen LogP contribution in [0.5, 0.6) is 0 Å². The fourth-order valence-corrected chi connectivity index (χ4v) is 2.93. The van der Waals surface area contributed by atoms with Crippen LogP contribution in [0.1, 0.15) is 13.8 Å². The van der Waals surface area contributed by atoms with Gasteiger partial charge in [0.25, 0.3) is 0 Å². The molecule has 120 valence electrons. The summed E-state index contributed by atoms with van der Waals surface area (Å²) in [5.41, 5.74) is 3.32. The van der Waals surface area contributed by atoms with Gasteiger partial charge in [0.15, 0.2) is 5.76 Å². The van der Waals surface area contributed by atoms with Gasteiger partial charge in [0.05, 0.1) is 5.52 Å². The zero-order chi connectivity index (χ0) is 16.7. The quantitative estimate of drug-likeness (QED) is 0.569. The highest BCUT2D eigenvalue weighted by Gasteiger charge is 2.16. The molecule has 0 unspecified atom stereocenters. The number of benzene rings is 2. The Labute approximate surface area is 138 Å². The van der Waals surface area contributed by atoms with Gasteiger partial charge in [-0.05, 0) is 44.2 Å². The summed E-state index contributed by atoms with van der Waals surface area (Å²) in [5.74, 6) is 0.710. The second kappa shape index (κ2) is 5.53. The van der Waals surface area contributed by atoms with Crippen molar-refractivity contribution in [2.75, 3.05) is 4.90 Å². The fourth-order valence-electron chi connectivity index (χ4n) is 2.93. The number of furan rings is 1. The molecule has 5 nitrogen and oxygen atoms in total. The first-order valence-corrected chi connectivity index (χ1v) is 7.88. The van der Waals surface area contributed by atoms with Gasteiger partial charge in [0, 0.05) is 22.5 Å². The Kier molecular flexibility index (Phi) is 3.34. The van der Waals surface area contributed by atoms with E-state index >= 15 is 0 Å². The largest absolute Gasteiger partial charge is 0.454 e. The van der Waals surface area contributed by atoms with Gasteiger partial charge in [0.2, 0.25) is 6.41 Å². The number of hydrogen-bond donors (Lipinski definition) is 1. The molecule has 4 rings (SSSR count). The van der Waals surface area contributed by atoms with Gasteiger partial charge in [-0.25, -0.2) is 0 Å². The molecule has 0 aliphatic rings. The van der Waals surface area contributed by atoms with Crippen LogP contribution in [0.4, 0.5) is 5.69 Å². The summed E-state index contributed by atoms with van der Waals surface area (Å²) >= 11 is 0. The third-order valence-electron chi connectivity index (χ3n) is 4.17. The van der Waals surface area contributed by atoms with Crippen LogP contribution >= 0.6 is 0 Å². The molecule has 2 aromatic carbocycles. The number of nitrogens with one attached hydrogen (secondary N) is 1. The predicted molar refractivity (Wildman–Crippen MR) is 95.0 cm³/mol. The zero-order valence-corrected chi connectivity index (χ0v) is 13.5. The molecular weight excluding hydrogens is 302 g/mol. The van der Waals surface area contributed by atoms with Gasteiger partial charge >= 0.3 is 0 Å². The van der Waals surface area contributed by atoms with Gasteiger partial charge in [-0.15, -0.1) is 0 Å². The van der Waals surface area contributed by atoms with Crippen LogP contribution in [-0.2, 0) is 4.79 Å². The molecule has 0 saturated heterocycles. The molecule has 0 aliphatic heterocycles. The lowest BCUT2D eigenvalue weighted by Gasteiger charge is -2.21. The highest BCUT2D eigenvalue weighted by Crippen LogP contribution is 2.33. The van der Waals surface area contributed by atoms with Crippen LogP contribution in [0.25, 0.3) is 33.3 Å². The Morgan fingerprint density at radius 3 is 2.75 bits per heavy atom. The van der Waals surface area contributed by atoms with Crippen LogP contribution < -0.4 is 4.90 Å². The number of fused-ring (bicyclic) bond motifs is 2. The first kappa shape index (κ1) is 14.5. The van der Waals surface area contributed by atoms with Crippen molar-refractivity contribution in [2.45, 2.75) is 19.9 Å². The molecule has 2 aromatic heterocycles. The lowest BCUT2D eigenvalue weighted by Crippen LogP contribution is -2.28. The van der Waals surface area contributed by atoms with E-state index in [1.54, 1.807) is 4.90 Å². The number of H-pyrrole nitrogens is 1. The van der Waals surface area contributed by atoms with Crippen LogP contribution in [0.15, 0.2) is 52.9 Å². The standard InChI is InChI=1S/C19H17N3O2/c1-12(2)22(11-23)14-7-8-16-15(10-14)19(21-20-16)18-9-13-5-3-4-6-17(13)24-18/h3-12H,1-2H3,(H,20,21). The van der Waals surface area contributed by atoms with Crippen molar-refractivity contribution < 1.29 is 9.21 Å². The number of amides is 1. The molecule has 24 heavy (non-hydrogen) atoms. The SMILES string of the molecule is CC(C)N(C=O)c1ccc2[nH]nc(-c3cc4ccccc4o3)c2c1. The summed E-state index contributed by atoms with van der Waals surface area (Å²) in [7, 11) is 0. The molecule has 0 radical (unpaired) electrons. The Morgan fingerprint density at radius 2 is 2.00 bits per heavy atom. The highest BCUT2D eigenvalue weighted by atomic mass is 16.3. The highest BCUT2D eigenvalue weighted by molar-refractivity contribution is 5.97. The maximum absolute atomic E-state index is 11.4. The van der Waals surface area contributed by atoms with Crippen molar-refractivity contribution >= 4 is 34.0 Å². The third kappa shape index (κ3) is 2.25. The molecule has 0 bridgehead atoms. The van der Waals surface area contributed by atoms with Crippen LogP contribution in [-0.4, -0.2) is 22.6 Å². The van der Waals surface area contributed by atoms with Crippen molar-refractivity contribution in [1.29, 1.82) is 0 Å². The Balaban J connectivity index is 1.88. The van der Waals surface area contributed by atoms with Crippen molar-refractivity contribution in [2.24, 2.45) is 0 Å². The van der Waals surface area contributed by atoms with E-state index in [1.165, 1.54) is 0 Å². The van der Waals surface area contributed by atoms with Gasteiger partial charge in [-0.3, -0.25) is 9.89 Å². The molecule has 5 heteroatoms. The molecular formula is C19H17N3O2. The number of nitrogens with zero attached hydrogens (tertiary/aromatic N) is 2. The average Bonchev–Trinajstić information content (AvgIpc) is 3.18. The van der Waals surface area contributed by atoms with Crippen molar-refractivity contribution in [3.05, 3.63) is 48.5 Å². The minimum Gasteiger partial charge on any atom is -0.454 e. The summed E-state index contributed by atoms with van der Waals surface area (Å²) in [4.78, 5) is 13.1. The number of anilines is 1. The summed E-state index contributed by atoms with van der Waals surface area (Å²) in [5, 5.41) is 9.40. The fraction of sp³-hybridized carbons (Fsp3) is 0.158. The molecule has 0 spiro atoms. The lowest BCUT2D eigenvalue weighted by atomic mass is 10.1. The van der Waals surface area contributed by atoms with Crippen molar-refractivity contribution in [1.82, 2.24) is 10.2 Å². The molecule has 0 atom stereocenters. The molecule has 0 saturated carbocycles. The topological polar surface area (TPSA) is 62.1 Å². The first-order valence-electron chi connectivity index (χ1n) is 7.88. The van der Waals surface area contributed by atoms with Crippen LogP contribution in [0.3, 0.4) is 0 Å². The van der Waals surface area contributed by atoms with Crippen molar-refractivity contribution in [3.63, 3.8) is 0 Å². The number of para-hydroxylation sites is 1. The van der Waals surface area contributed by atoms with Crippen LogP contribution in [0, 0.1) is 0 Å². The zero-order valence-electron chi connectivity index (χ0n) is 13.5. The van der Waals surface area contributed by atoms with Gasteiger partial charge in [-0.1, -0.05) is 18.2 Å². The monoisotopic (exact) mass is 319 g/mol. The minimum atomic E-state index is 0.0847. The van der Waals surface area contributed by atoms with E-state index in [2.05, 4.69) is 10.2 Å². The number of aromatic amines is 1. The summed E-state index contributed by atoms with van der Waals surface area (Å²) in [6.07, 6.45) is 0.854. The average molecular weight is 319 g/mol. The summed E-state index contributed by atoms with van der Waals surface area (Å²) in [6, 6.07) is 15.8. The number of hydrogen-bond acceptors (Lipinski definition) is 3. The second-order valence-electron chi connectivity index (χ2n) is 6.06. The third-order valence-corrected chi connectivity index (χ3v) is 4.17.